The summed E-state index contributed by atoms with van der Waals surface area (Å²) in [6.45, 7) is 3.83. The largest absolute Gasteiger partial charge is 0.480 e. The number of carboxylic acid groups (broad SMARTS) is 1. The molecular weight excluding hydrogens is 401 g/mol. The summed E-state index contributed by atoms with van der Waals surface area (Å²) in [4.78, 5) is 35.3. The lowest BCUT2D eigenvalue weighted by molar-refractivity contribution is -0.151. The molecule has 0 aliphatic heterocycles. The van der Waals surface area contributed by atoms with Crippen molar-refractivity contribution in [3.05, 3.63) is 35.9 Å². The number of rotatable bonds is 14. The Labute approximate surface area is 170 Å². The second-order valence-electron chi connectivity index (χ2n) is 6.08. The molecule has 0 spiro atoms. The number of benzene rings is 1. The number of aliphatic carboxylic acids is 1. The monoisotopic (exact) mass is 429 g/mol. The van der Waals surface area contributed by atoms with Gasteiger partial charge in [0.15, 0.2) is 0 Å². The standard InChI is InChI=1S/C19H28NO8P/c1-3-27-29(25,28-4-2)12-8-11-17(21)20-16(19(23)24)13-18(22)26-14-15-9-6-5-7-10-15/h5-7,9-10,16H,3-4,8,11-14H2,1-2H3,(H,20,21)(H,23,24). The predicted molar refractivity (Wildman–Crippen MR) is 105 cm³/mol. The van der Waals surface area contributed by atoms with E-state index in [4.69, 9.17) is 13.8 Å². The topological polar surface area (TPSA) is 128 Å². The highest BCUT2D eigenvalue weighted by molar-refractivity contribution is 7.53. The van der Waals surface area contributed by atoms with Crippen molar-refractivity contribution < 1.29 is 37.8 Å². The van der Waals surface area contributed by atoms with Crippen LogP contribution in [0, 0.1) is 0 Å². The molecule has 0 aromatic heterocycles. The van der Waals surface area contributed by atoms with Crippen LogP contribution in [0.25, 0.3) is 0 Å². The summed E-state index contributed by atoms with van der Waals surface area (Å²) in [6.07, 6.45) is -0.343. The van der Waals surface area contributed by atoms with E-state index in [2.05, 4.69) is 5.32 Å². The van der Waals surface area contributed by atoms with Gasteiger partial charge in [0.25, 0.3) is 0 Å². The Morgan fingerprint density at radius 2 is 1.72 bits per heavy atom. The minimum Gasteiger partial charge on any atom is -0.480 e. The summed E-state index contributed by atoms with van der Waals surface area (Å²) < 4.78 is 27.6. The Morgan fingerprint density at radius 1 is 1.10 bits per heavy atom. The van der Waals surface area contributed by atoms with Crippen molar-refractivity contribution in [2.75, 3.05) is 19.4 Å². The first-order chi connectivity index (χ1) is 13.8. The molecule has 0 aliphatic rings. The lowest BCUT2D eigenvalue weighted by Crippen LogP contribution is -2.42. The average Bonchev–Trinajstić information content (AvgIpc) is 2.67. The molecule has 9 nitrogen and oxygen atoms in total. The molecule has 0 aliphatic carbocycles. The Balaban J connectivity index is 2.45. The van der Waals surface area contributed by atoms with Gasteiger partial charge in [-0.15, -0.1) is 0 Å². The Morgan fingerprint density at radius 3 is 2.28 bits per heavy atom. The van der Waals surface area contributed by atoms with Crippen molar-refractivity contribution in [2.24, 2.45) is 0 Å². The molecule has 0 fully saturated rings. The molecule has 1 rings (SSSR count). The third-order valence-electron chi connectivity index (χ3n) is 3.73. The Hall–Kier alpha value is -2.22. The summed E-state index contributed by atoms with van der Waals surface area (Å²) in [6, 6.07) is 7.54. The zero-order valence-electron chi connectivity index (χ0n) is 16.7. The Kier molecular flexibility index (Phi) is 11.2. The van der Waals surface area contributed by atoms with Crippen molar-refractivity contribution >= 4 is 25.4 Å². The van der Waals surface area contributed by atoms with Gasteiger partial charge in [0.1, 0.15) is 12.6 Å². The summed E-state index contributed by atoms with van der Waals surface area (Å²) in [7, 11) is -3.26. The van der Waals surface area contributed by atoms with Crippen LogP contribution in [0.15, 0.2) is 30.3 Å². The molecule has 162 valence electrons. The van der Waals surface area contributed by atoms with Crippen LogP contribution in [-0.4, -0.2) is 48.4 Å². The number of hydrogen-bond acceptors (Lipinski definition) is 7. The molecule has 1 aromatic rings. The van der Waals surface area contributed by atoms with Gasteiger partial charge in [-0.3, -0.25) is 14.2 Å². The molecular formula is C19H28NO8P. The molecule has 0 saturated carbocycles. The molecule has 0 saturated heterocycles. The van der Waals surface area contributed by atoms with Gasteiger partial charge >= 0.3 is 19.5 Å². The maximum absolute atomic E-state index is 12.3. The van der Waals surface area contributed by atoms with Crippen LogP contribution in [0.4, 0.5) is 0 Å². The van der Waals surface area contributed by atoms with E-state index in [1.165, 1.54) is 0 Å². The van der Waals surface area contributed by atoms with Crippen LogP contribution in [0.1, 0.15) is 38.7 Å². The first kappa shape index (κ1) is 24.8. The lowest BCUT2D eigenvalue weighted by Gasteiger charge is -2.17. The van der Waals surface area contributed by atoms with Gasteiger partial charge < -0.3 is 24.2 Å². The smallest absolute Gasteiger partial charge is 0.330 e. The normalized spacial score (nSPS) is 12.2. The van der Waals surface area contributed by atoms with Crippen molar-refractivity contribution in [1.29, 1.82) is 0 Å². The molecule has 0 heterocycles. The Bertz CT molecular complexity index is 699. The van der Waals surface area contributed by atoms with Crippen LogP contribution in [0.5, 0.6) is 0 Å². The van der Waals surface area contributed by atoms with Crippen molar-refractivity contribution in [3.8, 4) is 0 Å². The van der Waals surface area contributed by atoms with Crippen molar-refractivity contribution in [3.63, 3.8) is 0 Å². The number of hydrogen-bond donors (Lipinski definition) is 2. The van der Waals surface area contributed by atoms with E-state index in [-0.39, 0.29) is 38.8 Å². The number of esters is 1. The highest BCUT2D eigenvalue weighted by atomic mass is 31.2. The number of carbonyl (C=O) groups excluding carboxylic acids is 2. The predicted octanol–water partition coefficient (Wildman–Crippen LogP) is 2.74. The van der Waals surface area contributed by atoms with Gasteiger partial charge in [0.2, 0.25) is 5.91 Å². The molecule has 1 unspecified atom stereocenters. The maximum atomic E-state index is 12.3. The van der Waals surface area contributed by atoms with Gasteiger partial charge in [-0.2, -0.15) is 0 Å². The fraction of sp³-hybridized carbons (Fsp3) is 0.526. The number of carbonyl (C=O) groups is 3. The molecule has 1 amide bonds. The van der Waals surface area contributed by atoms with Crippen LogP contribution in [0.3, 0.4) is 0 Å². The van der Waals surface area contributed by atoms with Gasteiger partial charge in [-0.05, 0) is 25.8 Å². The van der Waals surface area contributed by atoms with Crippen LogP contribution in [0.2, 0.25) is 0 Å². The molecule has 0 bridgehead atoms. The summed E-state index contributed by atoms with van der Waals surface area (Å²) in [5, 5.41) is 11.5. The van der Waals surface area contributed by atoms with E-state index < -0.39 is 37.9 Å². The number of carboxylic acids is 1. The first-order valence-corrected chi connectivity index (χ1v) is 11.1. The number of amides is 1. The highest BCUT2D eigenvalue weighted by Crippen LogP contribution is 2.48. The fourth-order valence-electron chi connectivity index (χ4n) is 2.42. The second kappa shape index (κ2) is 13.1. The van der Waals surface area contributed by atoms with E-state index in [1.807, 2.05) is 6.07 Å². The maximum Gasteiger partial charge on any atom is 0.330 e. The third-order valence-corrected chi connectivity index (χ3v) is 5.90. The molecule has 1 aromatic carbocycles. The molecule has 10 heteroatoms. The molecule has 2 N–H and O–H groups in total. The van der Waals surface area contributed by atoms with E-state index in [1.54, 1.807) is 38.1 Å². The van der Waals surface area contributed by atoms with Crippen molar-refractivity contribution in [2.45, 2.75) is 45.8 Å². The number of ether oxygens (including phenoxy) is 1. The minimum atomic E-state index is -3.26. The quantitative estimate of drug-likeness (QED) is 0.341. The molecule has 0 radical (unpaired) electrons. The summed E-state index contributed by atoms with van der Waals surface area (Å²) >= 11 is 0. The van der Waals surface area contributed by atoms with Crippen LogP contribution in [-0.2, 0) is 39.3 Å². The van der Waals surface area contributed by atoms with Crippen LogP contribution >= 0.6 is 7.60 Å². The average molecular weight is 429 g/mol. The van der Waals surface area contributed by atoms with Crippen molar-refractivity contribution in [1.82, 2.24) is 5.32 Å². The number of nitrogens with one attached hydrogen (secondary N) is 1. The summed E-state index contributed by atoms with van der Waals surface area (Å²) in [5.41, 5.74) is 0.768. The molecule has 1 atom stereocenters. The molecule has 29 heavy (non-hydrogen) atoms. The SMILES string of the molecule is CCOP(=O)(CCCC(=O)NC(CC(=O)OCc1ccccc1)C(=O)O)OCC. The van der Waals surface area contributed by atoms with Gasteiger partial charge in [0, 0.05) is 6.42 Å². The highest BCUT2D eigenvalue weighted by Gasteiger charge is 2.26. The van der Waals surface area contributed by atoms with E-state index in [0.29, 0.717) is 0 Å². The van der Waals surface area contributed by atoms with Gasteiger partial charge in [-0.1, -0.05) is 30.3 Å². The second-order valence-corrected chi connectivity index (χ2v) is 8.27. The van der Waals surface area contributed by atoms with Gasteiger partial charge in [-0.25, -0.2) is 4.79 Å². The van der Waals surface area contributed by atoms with Gasteiger partial charge in [0.05, 0.1) is 25.8 Å². The minimum absolute atomic E-state index is 0.0180. The zero-order valence-corrected chi connectivity index (χ0v) is 17.6. The first-order valence-electron chi connectivity index (χ1n) is 9.39. The van der Waals surface area contributed by atoms with E-state index in [9.17, 15) is 24.1 Å². The summed E-state index contributed by atoms with van der Waals surface area (Å²) in [5.74, 6) is -2.66. The third kappa shape index (κ3) is 10.2. The van der Waals surface area contributed by atoms with E-state index in [0.717, 1.165) is 5.56 Å². The fourth-order valence-corrected chi connectivity index (χ4v) is 4.09. The lowest BCUT2D eigenvalue weighted by atomic mass is 10.2. The zero-order chi connectivity index (χ0) is 21.7. The van der Waals surface area contributed by atoms with Crippen LogP contribution < -0.4 is 5.32 Å². The van der Waals surface area contributed by atoms with E-state index >= 15 is 0 Å².